The molecule has 1 aliphatic rings. The van der Waals surface area contributed by atoms with Gasteiger partial charge in [-0.2, -0.15) is 13.2 Å². The van der Waals surface area contributed by atoms with E-state index in [1.54, 1.807) is 6.07 Å². The number of amides is 1. The van der Waals surface area contributed by atoms with E-state index in [-0.39, 0.29) is 18.8 Å². The molecule has 4 nitrogen and oxygen atoms in total. The number of rotatable bonds is 2. The van der Waals surface area contributed by atoms with Gasteiger partial charge in [-0.25, -0.2) is 0 Å². The lowest BCUT2D eigenvalue weighted by molar-refractivity contribution is -0.271. The molecule has 1 aromatic carbocycles. The van der Waals surface area contributed by atoms with Crippen molar-refractivity contribution in [2.24, 2.45) is 0 Å². The normalized spacial score (nSPS) is 17.8. The van der Waals surface area contributed by atoms with Gasteiger partial charge in [-0.05, 0) is 11.6 Å². The maximum atomic E-state index is 12.8. The second-order valence-electron chi connectivity index (χ2n) is 5.85. The van der Waals surface area contributed by atoms with Crippen molar-refractivity contribution in [3.05, 3.63) is 48.4 Å². The van der Waals surface area contributed by atoms with Crippen LogP contribution in [0.2, 0.25) is 0 Å². The smallest absolute Gasteiger partial charge is 0.417 e. The van der Waals surface area contributed by atoms with Crippen LogP contribution in [0.5, 0.6) is 0 Å². The molecule has 0 bridgehead atoms. The van der Waals surface area contributed by atoms with Crippen LogP contribution in [0.15, 0.2) is 47.1 Å². The standard InChI is InChI=1S/C17H16F3NO3/c18-17(19,20)16(23)7-9-21(10-8-16)15(22)14-13(6-11-24-14)12-4-2-1-3-5-12/h1-6,11,23H,7-10H2. The number of furan rings is 1. The topological polar surface area (TPSA) is 53.7 Å². The number of likely N-dealkylation sites (tertiary alicyclic amines) is 1. The van der Waals surface area contributed by atoms with Crippen LogP contribution in [0.4, 0.5) is 13.2 Å². The largest absolute Gasteiger partial charge is 0.459 e. The van der Waals surface area contributed by atoms with Gasteiger partial charge in [-0.1, -0.05) is 30.3 Å². The van der Waals surface area contributed by atoms with E-state index in [2.05, 4.69) is 0 Å². The molecule has 1 aromatic heterocycles. The molecule has 0 radical (unpaired) electrons. The van der Waals surface area contributed by atoms with Crippen molar-refractivity contribution in [2.45, 2.75) is 24.6 Å². The highest BCUT2D eigenvalue weighted by Crippen LogP contribution is 2.39. The lowest BCUT2D eigenvalue weighted by Gasteiger charge is -2.38. The Morgan fingerprint density at radius 1 is 1.12 bits per heavy atom. The fourth-order valence-corrected chi connectivity index (χ4v) is 2.83. The summed E-state index contributed by atoms with van der Waals surface area (Å²) < 4.78 is 43.8. The Hall–Kier alpha value is -2.28. The van der Waals surface area contributed by atoms with Crippen LogP contribution in [-0.4, -0.2) is 40.8 Å². The minimum Gasteiger partial charge on any atom is -0.459 e. The Labute approximate surface area is 136 Å². The lowest BCUT2D eigenvalue weighted by atomic mass is 9.90. The van der Waals surface area contributed by atoms with Gasteiger partial charge in [0.15, 0.2) is 11.4 Å². The van der Waals surface area contributed by atoms with E-state index in [9.17, 15) is 23.1 Å². The number of carbonyl (C=O) groups is 1. The van der Waals surface area contributed by atoms with E-state index in [0.717, 1.165) is 5.56 Å². The highest BCUT2D eigenvalue weighted by Gasteiger charge is 2.55. The average molecular weight is 339 g/mol. The first-order chi connectivity index (χ1) is 11.3. The van der Waals surface area contributed by atoms with Gasteiger partial charge in [0.05, 0.1) is 6.26 Å². The van der Waals surface area contributed by atoms with Gasteiger partial charge in [0.25, 0.3) is 5.91 Å². The monoisotopic (exact) mass is 339 g/mol. The predicted octanol–water partition coefficient (Wildman–Crippen LogP) is 3.48. The van der Waals surface area contributed by atoms with Gasteiger partial charge in [0.1, 0.15) is 0 Å². The molecule has 0 spiro atoms. The quantitative estimate of drug-likeness (QED) is 0.911. The second-order valence-corrected chi connectivity index (χ2v) is 5.85. The minimum atomic E-state index is -4.69. The number of hydrogen-bond donors (Lipinski definition) is 1. The molecule has 0 unspecified atom stereocenters. The molecule has 0 saturated carbocycles. The second kappa shape index (κ2) is 5.98. The summed E-state index contributed by atoms with van der Waals surface area (Å²) >= 11 is 0. The summed E-state index contributed by atoms with van der Waals surface area (Å²) in [5.41, 5.74) is -1.34. The summed E-state index contributed by atoms with van der Waals surface area (Å²) in [7, 11) is 0. The lowest BCUT2D eigenvalue weighted by Crippen LogP contribution is -2.54. The van der Waals surface area contributed by atoms with Gasteiger partial charge in [0, 0.05) is 31.5 Å². The van der Waals surface area contributed by atoms with Gasteiger partial charge in [-0.3, -0.25) is 4.79 Å². The number of aliphatic hydroxyl groups is 1. The molecule has 2 heterocycles. The zero-order chi connectivity index (χ0) is 17.4. The molecule has 24 heavy (non-hydrogen) atoms. The molecule has 1 aliphatic heterocycles. The summed E-state index contributed by atoms with van der Waals surface area (Å²) in [5, 5.41) is 9.68. The number of carbonyl (C=O) groups excluding carboxylic acids is 1. The van der Waals surface area contributed by atoms with Gasteiger partial charge < -0.3 is 14.4 Å². The molecule has 1 fully saturated rings. The van der Waals surface area contributed by atoms with Crippen LogP contribution in [0.1, 0.15) is 23.4 Å². The number of hydrogen-bond acceptors (Lipinski definition) is 3. The maximum Gasteiger partial charge on any atom is 0.417 e. The highest BCUT2D eigenvalue weighted by atomic mass is 19.4. The first-order valence-corrected chi connectivity index (χ1v) is 7.53. The van der Waals surface area contributed by atoms with Crippen molar-refractivity contribution in [1.29, 1.82) is 0 Å². The molecule has 2 aromatic rings. The first kappa shape index (κ1) is 16.6. The summed E-state index contributed by atoms with van der Waals surface area (Å²) in [6.07, 6.45) is -4.39. The van der Waals surface area contributed by atoms with E-state index in [1.807, 2.05) is 30.3 Å². The van der Waals surface area contributed by atoms with Crippen LogP contribution >= 0.6 is 0 Å². The minimum absolute atomic E-state index is 0.0960. The third-order valence-electron chi connectivity index (χ3n) is 4.35. The predicted molar refractivity (Wildman–Crippen MR) is 80.3 cm³/mol. The number of nitrogens with zero attached hydrogens (tertiary/aromatic N) is 1. The van der Waals surface area contributed by atoms with E-state index in [1.165, 1.54) is 11.2 Å². The zero-order valence-corrected chi connectivity index (χ0v) is 12.7. The maximum absolute atomic E-state index is 12.8. The fourth-order valence-electron chi connectivity index (χ4n) is 2.83. The molecule has 1 N–H and O–H groups in total. The Bertz CT molecular complexity index is 716. The molecule has 128 valence electrons. The third kappa shape index (κ3) is 2.91. The molecule has 0 aliphatic carbocycles. The first-order valence-electron chi connectivity index (χ1n) is 7.53. The highest BCUT2D eigenvalue weighted by molar-refractivity contribution is 5.98. The summed E-state index contributed by atoms with van der Waals surface area (Å²) in [6.45, 7) is -0.354. The van der Waals surface area contributed by atoms with E-state index < -0.39 is 30.5 Å². The van der Waals surface area contributed by atoms with Crippen molar-refractivity contribution in [3.8, 4) is 11.1 Å². The fraction of sp³-hybridized carbons (Fsp3) is 0.353. The van der Waals surface area contributed by atoms with Crippen molar-refractivity contribution >= 4 is 5.91 Å². The number of piperidine rings is 1. The molecule has 3 rings (SSSR count). The SMILES string of the molecule is O=C(c1occc1-c1ccccc1)N1CCC(O)(C(F)(F)F)CC1. The van der Waals surface area contributed by atoms with Gasteiger partial charge in [-0.15, -0.1) is 0 Å². The Morgan fingerprint density at radius 3 is 2.33 bits per heavy atom. The molecule has 1 saturated heterocycles. The molecular formula is C17H16F3NO3. The van der Waals surface area contributed by atoms with Crippen LogP contribution in [0.3, 0.4) is 0 Å². The number of halogens is 3. The van der Waals surface area contributed by atoms with E-state index >= 15 is 0 Å². The number of alkyl halides is 3. The van der Waals surface area contributed by atoms with Gasteiger partial charge in [0.2, 0.25) is 0 Å². The number of benzene rings is 1. The molecule has 0 atom stereocenters. The zero-order valence-electron chi connectivity index (χ0n) is 12.7. The Morgan fingerprint density at radius 2 is 1.75 bits per heavy atom. The van der Waals surface area contributed by atoms with Gasteiger partial charge >= 0.3 is 6.18 Å². The van der Waals surface area contributed by atoms with Crippen molar-refractivity contribution in [1.82, 2.24) is 4.90 Å². The Kier molecular flexibility index (Phi) is 4.13. The van der Waals surface area contributed by atoms with E-state index in [4.69, 9.17) is 4.42 Å². The molecular weight excluding hydrogens is 323 g/mol. The van der Waals surface area contributed by atoms with Crippen LogP contribution in [0, 0.1) is 0 Å². The van der Waals surface area contributed by atoms with Crippen molar-refractivity contribution in [2.75, 3.05) is 13.1 Å². The van der Waals surface area contributed by atoms with Crippen LogP contribution in [-0.2, 0) is 0 Å². The van der Waals surface area contributed by atoms with E-state index in [0.29, 0.717) is 5.56 Å². The summed E-state index contributed by atoms with van der Waals surface area (Å²) in [4.78, 5) is 13.9. The summed E-state index contributed by atoms with van der Waals surface area (Å²) in [5.74, 6) is -0.373. The van der Waals surface area contributed by atoms with Crippen molar-refractivity contribution < 1.29 is 27.5 Å². The van der Waals surface area contributed by atoms with Crippen LogP contribution < -0.4 is 0 Å². The summed E-state index contributed by atoms with van der Waals surface area (Å²) in [6, 6.07) is 10.8. The third-order valence-corrected chi connectivity index (χ3v) is 4.35. The molecule has 7 heteroatoms. The average Bonchev–Trinajstić information content (AvgIpc) is 3.04. The Balaban J connectivity index is 1.77. The molecule has 1 amide bonds. The van der Waals surface area contributed by atoms with Crippen molar-refractivity contribution in [3.63, 3.8) is 0 Å². The van der Waals surface area contributed by atoms with Crippen LogP contribution in [0.25, 0.3) is 11.1 Å².